The molecule has 0 unspecified atom stereocenters. The molecule has 1 atom stereocenters. The zero-order valence-corrected chi connectivity index (χ0v) is 13.4. The molecule has 2 aliphatic rings. The second-order valence-electron chi connectivity index (χ2n) is 5.97. The zero-order valence-electron chi connectivity index (χ0n) is 12.6. The van der Waals surface area contributed by atoms with Crippen LogP contribution in [0.5, 0.6) is 0 Å². The largest absolute Gasteiger partial charge is 0.281 e. The molecule has 2 saturated heterocycles. The third-order valence-electron chi connectivity index (χ3n) is 4.23. The van der Waals surface area contributed by atoms with E-state index in [0.29, 0.717) is 26.2 Å². The molecule has 6 nitrogen and oxygen atoms in total. The first kappa shape index (κ1) is 14.9. The molecule has 0 N–H and O–H groups in total. The van der Waals surface area contributed by atoms with Crippen molar-refractivity contribution in [1.29, 1.82) is 0 Å². The van der Waals surface area contributed by atoms with Crippen molar-refractivity contribution in [3.05, 3.63) is 23.3 Å². The molecule has 1 aromatic rings. The van der Waals surface area contributed by atoms with Crippen LogP contribution in [0.1, 0.15) is 42.4 Å². The highest BCUT2D eigenvalue weighted by atomic mass is 32.2. The molecular formula is C14H22N4O2S. The lowest BCUT2D eigenvalue weighted by Gasteiger charge is -2.23. The predicted molar refractivity (Wildman–Crippen MR) is 80.2 cm³/mol. The van der Waals surface area contributed by atoms with Crippen LogP contribution in [0, 0.1) is 13.8 Å². The number of nitrogens with zero attached hydrogens (tertiary/aromatic N) is 4. The van der Waals surface area contributed by atoms with Crippen molar-refractivity contribution in [3.8, 4) is 0 Å². The Morgan fingerprint density at radius 2 is 1.67 bits per heavy atom. The highest BCUT2D eigenvalue weighted by Crippen LogP contribution is 2.29. The van der Waals surface area contributed by atoms with Crippen LogP contribution < -0.4 is 0 Å². The van der Waals surface area contributed by atoms with Gasteiger partial charge in [0.1, 0.15) is 5.82 Å². The summed E-state index contributed by atoms with van der Waals surface area (Å²) in [6.45, 7) is 6.28. The van der Waals surface area contributed by atoms with E-state index in [-0.39, 0.29) is 5.92 Å². The van der Waals surface area contributed by atoms with Crippen LogP contribution in [-0.2, 0) is 10.2 Å². The van der Waals surface area contributed by atoms with E-state index in [0.717, 1.165) is 36.5 Å². The molecule has 7 heteroatoms. The Balaban J connectivity index is 1.76. The average Bonchev–Trinajstić information content (AvgIpc) is 3.10. The molecule has 1 aromatic heterocycles. The van der Waals surface area contributed by atoms with Crippen molar-refractivity contribution in [2.24, 2.45) is 0 Å². The third-order valence-corrected chi connectivity index (χ3v) is 6.24. The van der Waals surface area contributed by atoms with Crippen molar-refractivity contribution in [1.82, 2.24) is 18.6 Å². The molecule has 0 aromatic carbocycles. The fraction of sp³-hybridized carbons (Fsp3) is 0.714. The maximum absolute atomic E-state index is 12.6. The number of hydrogen-bond acceptors (Lipinski definition) is 4. The van der Waals surface area contributed by atoms with Gasteiger partial charge in [-0.25, -0.2) is 9.97 Å². The van der Waals surface area contributed by atoms with Crippen LogP contribution in [0.3, 0.4) is 0 Å². The smallest absolute Gasteiger partial charge is 0.238 e. The normalized spacial score (nSPS) is 24.8. The van der Waals surface area contributed by atoms with Crippen LogP contribution in [0.2, 0.25) is 0 Å². The Morgan fingerprint density at radius 1 is 1.05 bits per heavy atom. The van der Waals surface area contributed by atoms with E-state index in [1.807, 2.05) is 19.9 Å². The van der Waals surface area contributed by atoms with Crippen LogP contribution in [0.4, 0.5) is 0 Å². The van der Waals surface area contributed by atoms with Gasteiger partial charge in [0.2, 0.25) is 0 Å². The summed E-state index contributed by atoms with van der Waals surface area (Å²) < 4.78 is 28.3. The molecule has 0 radical (unpaired) electrons. The van der Waals surface area contributed by atoms with E-state index >= 15 is 0 Å². The van der Waals surface area contributed by atoms with Gasteiger partial charge in [-0.3, -0.25) is 0 Å². The summed E-state index contributed by atoms with van der Waals surface area (Å²) in [5, 5.41) is 0. The first-order chi connectivity index (χ1) is 9.96. The molecule has 2 aliphatic heterocycles. The molecule has 0 aliphatic carbocycles. The van der Waals surface area contributed by atoms with Gasteiger partial charge in [-0.1, -0.05) is 0 Å². The summed E-state index contributed by atoms with van der Waals surface area (Å²) in [5.41, 5.74) is 1.89. The van der Waals surface area contributed by atoms with Crippen molar-refractivity contribution in [2.45, 2.75) is 39.0 Å². The molecule has 0 saturated carbocycles. The van der Waals surface area contributed by atoms with Gasteiger partial charge < -0.3 is 0 Å². The predicted octanol–water partition coefficient (Wildman–Crippen LogP) is 1.22. The van der Waals surface area contributed by atoms with Gasteiger partial charge in [0.15, 0.2) is 0 Å². The number of hydrogen-bond donors (Lipinski definition) is 0. The highest BCUT2D eigenvalue weighted by molar-refractivity contribution is 7.86. The minimum Gasteiger partial charge on any atom is -0.238 e. The van der Waals surface area contributed by atoms with Crippen LogP contribution in [-0.4, -0.2) is 53.2 Å². The Bertz CT molecular complexity index is 606. The number of rotatable bonds is 3. The molecule has 0 bridgehead atoms. The van der Waals surface area contributed by atoms with E-state index < -0.39 is 10.2 Å². The first-order valence-corrected chi connectivity index (χ1v) is 8.94. The quantitative estimate of drug-likeness (QED) is 0.842. The lowest BCUT2D eigenvalue weighted by Crippen LogP contribution is -2.41. The van der Waals surface area contributed by atoms with Crippen molar-refractivity contribution in [3.63, 3.8) is 0 Å². The van der Waals surface area contributed by atoms with Crippen molar-refractivity contribution >= 4 is 10.2 Å². The lowest BCUT2D eigenvalue weighted by molar-refractivity contribution is 0.395. The second-order valence-corrected chi connectivity index (χ2v) is 7.89. The third kappa shape index (κ3) is 2.95. The standard InChI is InChI=1S/C14H22N4O2S/c1-11-9-12(2)16-14(15-11)13-5-8-18(10-13)21(19,20)17-6-3-4-7-17/h9,13H,3-8,10H2,1-2H3/t13-/m0/s1. The van der Waals surface area contributed by atoms with Crippen LogP contribution in [0.25, 0.3) is 0 Å². The van der Waals surface area contributed by atoms with Gasteiger partial charge in [0.05, 0.1) is 0 Å². The van der Waals surface area contributed by atoms with Gasteiger partial charge in [0, 0.05) is 43.5 Å². The van der Waals surface area contributed by atoms with Gasteiger partial charge >= 0.3 is 0 Å². The summed E-state index contributed by atoms with van der Waals surface area (Å²) in [6.07, 6.45) is 2.74. The average molecular weight is 310 g/mol. The van der Waals surface area contributed by atoms with E-state index in [2.05, 4.69) is 9.97 Å². The minimum absolute atomic E-state index is 0.112. The van der Waals surface area contributed by atoms with E-state index in [9.17, 15) is 8.42 Å². The van der Waals surface area contributed by atoms with Crippen LogP contribution >= 0.6 is 0 Å². The Kier molecular flexibility index (Phi) is 3.98. The number of aromatic nitrogens is 2. The summed E-state index contributed by atoms with van der Waals surface area (Å²) in [7, 11) is -3.29. The topological polar surface area (TPSA) is 66.4 Å². The van der Waals surface area contributed by atoms with Crippen molar-refractivity contribution < 1.29 is 8.42 Å². The molecule has 0 amide bonds. The van der Waals surface area contributed by atoms with Crippen molar-refractivity contribution in [2.75, 3.05) is 26.2 Å². The fourth-order valence-electron chi connectivity index (χ4n) is 3.17. The maximum Gasteiger partial charge on any atom is 0.281 e. The van der Waals surface area contributed by atoms with Gasteiger partial charge in [-0.2, -0.15) is 17.0 Å². The summed E-state index contributed by atoms with van der Waals surface area (Å²) in [4.78, 5) is 8.97. The lowest BCUT2D eigenvalue weighted by atomic mass is 10.1. The SMILES string of the molecule is Cc1cc(C)nc([C@H]2CCN(S(=O)(=O)N3CCCC3)C2)n1. The van der Waals surface area contributed by atoms with Gasteiger partial charge in [0.25, 0.3) is 10.2 Å². The molecule has 0 spiro atoms. The Hall–Kier alpha value is -1.05. The van der Waals surface area contributed by atoms with Crippen LogP contribution in [0.15, 0.2) is 6.07 Å². The summed E-state index contributed by atoms with van der Waals surface area (Å²) in [6, 6.07) is 1.94. The fourth-order valence-corrected chi connectivity index (χ4v) is 4.92. The van der Waals surface area contributed by atoms with E-state index in [1.54, 1.807) is 8.61 Å². The molecule has 3 rings (SSSR count). The monoisotopic (exact) mass is 310 g/mol. The highest BCUT2D eigenvalue weighted by Gasteiger charge is 2.37. The summed E-state index contributed by atoms with van der Waals surface area (Å²) in [5.74, 6) is 0.896. The Morgan fingerprint density at radius 3 is 2.29 bits per heavy atom. The molecule has 2 fully saturated rings. The molecular weight excluding hydrogens is 288 g/mol. The molecule has 116 valence electrons. The Labute approximate surface area is 126 Å². The van der Waals surface area contributed by atoms with E-state index in [4.69, 9.17) is 0 Å². The first-order valence-electron chi connectivity index (χ1n) is 7.54. The molecule has 21 heavy (non-hydrogen) atoms. The maximum atomic E-state index is 12.6. The number of aryl methyl sites for hydroxylation is 2. The second kappa shape index (κ2) is 5.62. The van der Waals surface area contributed by atoms with Gasteiger partial charge in [-0.15, -0.1) is 0 Å². The van der Waals surface area contributed by atoms with Gasteiger partial charge in [-0.05, 0) is 39.2 Å². The van der Waals surface area contributed by atoms with E-state index in [1.165, 1.54) is 0 Å². The summed E-state index contributed by atoms with van der Waals surface area (Å²) >= 11 is 0. The molecule has 3 heterocycles. The minimum atomic E-state index is -3.29. The zero-order chi connectivity index (χ0) is 15.0.